The summed E-state index contributed by atoms with van der Waals surface area (Å²) in [6.07, 6.45) is 3.13. The Bertz CT molecular complexity index is 403. The molecule has 0 unspecified atom stereocenters. The van der Waals surface area contributed by atoms with Crippen molar-refractivity contribution in [3.8, 4) is 5.75 Å². The first kappa shape index (κ1) is 11.5. The topological polar surface area (TPSA) is 59.7 Å². The van der Waals surface area contributed by atoms with Crippen LogP contribution in [-0.4, -0.2) is 11.7 Å². The first-order chi connectivity index (χ1) is 7.17. The zero-order valence-electron chi connectivity index (χ0n) is 8.82. The smallest absolute Gasteiger partial charge is 0.227 e. The molecule has 1 aromatic heterocycles. The standard InChI is InChI=1S/C11H14O4/c1-3-8(2)6-15-11-7-14-9(5-12)4-10(11)13/h3-4,7,12H,5-6H2,1-2H3/b8-3+. The van der Waals surface area contributed by atoms with E-state index in [0.717, 1.165) is 5.57 Å². The maximum Gasteiger partial charge on any atom is 0.227 e. The zero-order valence-corrected chi connectivity index (χ0v) is 8.82. The number of hydrogen-bond donors (Lipinski definition) is 1. The van der Waals surface area contributed by atoms with Crippen molar-refractivity contribution in [3.63, 3.8) is 0 Å². The van der Waals surface area contributed by atoms with Crippen LogP contribution in [0.5, 0.6) is 5.75 Å². The molecule has 0 aliphatic carbocycles. The summed E-state index contributed by atoms with van der Waals surface area (Å²) in [6, 6.07) is 1.22. The van der Waals surface area contributed by atoms with E-state index in [1.807, 2.05) is 19.9 Å². The van der Waals surface area contributed by atoms with E-state index < -0.39 is 0 Å². The van der Waals surface area contributed by atoms with E-state index in [0.29, 0.717) is 6.61 Å². The Kier molecular flexibility index (Phi) is 4.12. The van der Waals surface area contributed by atoms with Gasteiger partial charge < -0.3 is 14.3 Å². The van der Waals surface area contributed by atoms with Gasteiger partial charge in [-0.2, -0.15) is 0 Å². The highest BCUT2D eigenvalue weighted by atomic mass is 16.5. The molecular formula is C11H14O4. The van der Waals surface area contributed by atoms with Crippen molar-refractivity contribution in [3.05, 3.63) is 40.0 Å². The normalized spacial score (nSPS) is 11.5. The second-order valence-corrected chi connectivity index (χ2v) is 3.16. The minimum absolute atomic E-state index is 0.161. The van der Waals surface area contributed by atoms with Crippen LogP contribution in [0.25, 0.3) is 0 Å². The molecule has 1 aromatic rings. The van der Waals surface area contributed by atoms with Crippen LogP contribution in [0.4, 0.5) is 0 Å². The Balaban J connectivity index is 2.75. The molecule has 0 saturated carbocycles. The van der Waals surface area contributed by atoms with E-state index in [1.54, 1.807) is 0 Å². The number of aliphatic hydroxyl groups is 1. The van der Waals surface area contributed by atoms with Gasteiger partial charge in [-0.1, -0.05) is 6.08 Å². The highest BCUT2D eigenvalue weighted by Gasteiger charge is 2.03. The van der Waals surface area contributed by atoms with Crippen molar-refractivity contribution < 1.29 is 14.3 Å². The van der Waals surface area contributed by atoms with Gasteiger partial charge in [-0.25, -0.2) is 0 Å². The van der Waals surface area contributed by atoms with Gasteiger partial charge in [0, 0.05) is 6.07 Å². The predicted octanol–water partition coefficient (Wildman–Crippen LogP) is 1.48. The first-order valence-corrected chi connectivity index (χ1v) is 4.64. The number of allylic oxidation sites excluding steroid dienone is 1. The van der Waals surface area contributed by atoms with Crippen molar-refractivity contribution in [1.29, 1.82) is 0 Å². The number of aliphatic hydroxyl groups excluding tert-OH is 1. The zero-order chi connectivity index (χ0) is 11.3. The van der Waals surface area contributed by atoms with Gasteiger partial charge in [0.05, 0.1) is 0 Å². The Morgan fingerprint density at radius 3 is 2.93 bits per heavy atom. The molecule has 1 N–H and O–H groups in total. The third-order valence-corrected chi connectivity index (χ3v) is 1.96. The van der Waals surface area contributed by atoms with Gasteiger partial charge in [-0.3, -0.25) is 4.79 Å². The maximum atomic E-state index is 11.4. The molecule has 0 radical (unpaired) electrons. The molecule has 0 fully saturated rings. The van der Waals surface area contributed by atoms with Crippen LogP contribution >= 0.6 is 0 Å². The summed E-state index contributed by atoms with van der Waals surface area (Å²) in [4.78, 5) is 11.4. The highest BCUT2D eigenvalue weighted by Crippen LogP contribution is 2.07. The Morgan fingerprint density at radius 1 is 1.67 bits per heavy atom. The van der Waals surface area contributed by atoms with Gasteiger partial charge in [0.25, 0.3) is 0 Å². The minimum atomic E-state index is -0.288. The average Bonchev–Trinajstić information content (AvgIpc) is 2.26. The quantitative estimate of drug-likeness (QED) is 0.764. The molecule has 15 heavy (non-hydrogen) atoms. The Morgan fingerprint density at radius 2 is 2.40 bits per heavy atom. The summed E-state index contributed by atoms with van der Waals surface area (Å²) in [6.45, 7) is 3.88. The van der Waals surface area contributed by atoms with E-state index in [2.05, 4.69) is 0 Å². The van der Waals surface area contributed by atoms with Gasteiger partial charge in [-0.15, -0.1) is 0 Å². The lowest BCUT2D eigenvalue weighted by Gasteiger charge is -2.04. The van der Waals surface area contributed by atoms with Crippen molar-refractivity contribution in [2.24, 2.45) is 0 Å². The Hall–Kier alpha value is -1.55. The lowest BCUT2D eigenvalue weighted by atomic mass is 10.3. The van der Waals surface area contributed by atoms with Gasteiger partial charge in [0.2, 0.25) is 11.2 Å². The van der Waals surface area contributed by atoms with Crippen molar-refractivity contribution in [2.75, 3.05) is 6.61 Å². The fraction of sp³-hybridized carbons (Fsp3) is 0.364. The Labute approximate surface area is 87.8 Å². The largest absolute Gasteiger partial charge is 0.482 e. The molecule has 82 valence electrons. The SMILES string of the molecule is C/C=C(\C)COc1coc(CO)cc1=O. The third kappa shape index (κ3) is 3.25. The molecule has 0 aliphatic heterocycles. The monoisotopic (exact) mass is 210 g/mol. The molecule has 1 heterocycles. The van der Waals surface area contributed by atoms with E-state index in [-0.39, 0.29) is 23.5 Å². The lowest BCUT2D eigenvalue weighted by Crippen LogP contribution is -2.09. The summed E-state index contributed by atoms with van der Waals surface area (Å²) in [5.74, 6) is 0.392. The van der Waals surface area contributed by atoms with Gasteiger partial charge in [0.1, 0.15) is 25.2 Å². The molecule has 1 rings (SSSR count). The summed E-state index contributed by atoms with van der Waals surface area (Å²) < 4.78 is 10.2. The van der Waals surface area contributed by atoms with Crippen LogP contribution in [0.15, 0.2) is 33.2 Å². The van der Waals surface area contributed by atoms with Gasteiger partial charge in [0.15, 0.2) is 0 Å². The van der Waals surface area contributed by atoms with Crippen molar-refractivity contribution in [2.45, 2.75) is 20.5 Å². The van der Waals surface area contributed by atoms with Crippen molar-refractivity contribution in [1.82, 2.24) is 0 Å². The summed E-state index contributed by atoms with van der Waals surface area (Å²) >= 11 is 0. The lowest BCUT2D eigenvalue weighted by molar-refractivity contribution is 0.239. The van der Waals surface area contributed by atoms with Crippen LogP contribution in [-0.2, 0) is 6.61 Å². The average molecular weight is 210 g/mol. The summed E-state index contributed by atoms with van der Waals surface area (Å²) in [7, 11) is 0. The maximum absolute atomic E-state index is 11.4. The second kappa shape index (κ2) is 5.36. The fourth-order valence-corrected chi connectivity index (χ4v) is 0.902. The molecule has 0 bridgehead atoms. The van der Waals surface area contributed by atoms with E-state index in [9.17, 15) is 4.79 Å². The van der Waals surface area contributed by atoms with Gasteiger partial charge in [-0.05, 0) is 19.4 Å². The summed E-state index contributed by atoms with van der Waals surface area (Å²) in [5, 5.41) is 8.73. The van der Waals surface area contributed by atoms with Crippen LogP contribution in [0.2, 0.25) is 0 Å². The fourth-order valence-electron chi connectivity index (χ4n) is 0.902. The molecule has 0 amide bonds. The molecule has 0 aliphatic rings. The van der Waals surface area contributed by atoms with E-state index >= 15 is 0 Å². The predicted molar refractivity (Wildman–Crippen MR) is 55.8 cm³/mol. The summed E-state index contributed by atoms with van der Waals surface area (Å²) in [5.41, 5.74) is 0.745. The molecule has 4 nitrogen and oxygen atoms in total. The van der Waals surface area contributed by atoms with E-state index in [4.69, 9.17) is 14.3 Å². The third-order valence-electron chi connectivity index (χ3n) is 1.96. The highest BCUT2D eigenvalue weighted by molar-refractivity contribution is 5.18. The second-order valence-electron chi connectivity index (χ2n) is 3.16. The minimum Gasteiger partial charge on any atom is -0.482 e. The van der Waals surface area contributed by atoms with Crippen LogP contribution < -0.4 is 10.2 Å². The van der Waals surface area contributed by atoms with Crippen molar-refractivity contribution >= 4 is 0 Å². The first-order valence-electron chi connectivity index (χ1n) is 4.64. The molecular weight excluding hydrogens is 196 g/mol. The molecule has 4 heteroatoms. The van der Waals surface area contributed by atoms with Gasteiger partial charge >= 0.3 is 0 Å². The molecule has 0 atom stereocenters. The molecule has 0 saturated heterocycles. The number of ether oxygens (including phenoxy) is 1. The van der Waals surface area contributed by atoms with Crippen LogP contribution in [0.3, 0.4) is 0 Å². The molecule has 0 spiro atoms. The number of hydrogen-bond acceptors (Lipinski definition) is 4. The van der Waals surface area contributed by atoms with Crippen LogP contribution in [0, 0.1) is 0 Å². The van der Waals surface area contributed by atoms with Crippen LogP contribution in [0.1, 0.15) is 19.6 Å². The van der Waals surface area contributed by atoms with E-state index in [1.165, 1.54) is 12.3 Å². The number of rotatable bonds is 4. The molecule has 0 aromatic carbocycles.